The number of carbonyl (C=O) groups excluding carboxylic acids is 1. The number of hydrogen-bond donors (Lipinski definition) is 1. The van der Waals surface area contributed by atoms with Crippen LogP contribution >= 0.6 is 0 Å². The van der Waals surface area contributed by atoms with E-state index in [1.165, 1.54) is 34.9 Å². The summed E-state index contributed by atoms with van der Waals surface area (Å²) in [4.78, 5) is 24.9. The van der Waals surface area contributed by atoms with Gasteiger partial charge >= 0.3 is 12.1 Å². The zero-order valence-corrected chi connectivity index (χ0v) is 23.7. The SMILES string of the molecule is CCOC(=O)/C=C/c1ccc(Oc2ccc(-c3cc(C(F)(F)F)c(C#N)c(=O)n3Cc3ccc(C)cc3C)cc2)cc1N. The van der Waals surface area contributed by atoms with Crippen LogP contribution in [0, 0.1) is 25.2 Å². The average molecular weight is 588 g/mol. The molecule has 4 rings (SSSR count). The Hall–Kier alpha value is -5.30. The average Bonchev–Trinajstić information content (AvgIpc) is 2.95. The molecule has 0 aliphatic carbocycles. The van der Waals surface area contributed by atoms with Crippen LogP contribution in [0.1, 0.15) is 40.3 Å². The van der Waals surface area contributed by atoms with Crippen molar-refractivity contribution in [3.8, 4) is 28.8 Å². The number of nitrogen functional groups attached to an aromatic ring is 1. The number of alkyl halides is 3. The topological polar surface area (TPSA) is 107 Å². The summed E-state index contributed by atoms with van der Waals surface area (Å²) in [5.41, 5.74) is 6.66. The van der Waals surface area contributed by atoms with Crippen molar-refractivity contribution in [1.82, 2.24) is 4.57 Å². The highest BCUT2D eigenvalue weighted by Gasteiger charge is 2.36. The number of pyridine rings is 1. The van der Waals surface area contributed by atoms with E-state index in [1.807, 2.05) is 32.0 Å². The van der Waals surface area contributed by atoms with Gasteiger partial charge in [0.15, 0.2) is 0 Å². The van der Waals surface area contributed by atoms with Crippen LogP contribution in [0.4, 0.5) is 18.9 Å². The Labute approximate surface area is 246 Å². The van der Waals surface area contributed by atoms with Gasteiger partial charge in [0.25, 0.3) is 5.56 Å². The third-order valence-electron chi connectivity index (χ3n) is 6.67. The quantitative estimate of drug-likeness (QED) is 0.135. The summed E-state index contributed by atoms with van der Waals surface area (Å²) in [6.45, 7) is 5.69. The fraction of sp³-hybridized carbons (Fsp3) is 0.182. The van der Waals surface area contributed by atoms with Crippen molar-refractivity contribution in [1.29, 1.82) is 5.26 Å². The summed E-state index contributed by atoms with van der Waals surface area (Å²) in [6, 6.07) is 18.9. The van der Waals surface area contributed by atoms with Crippen molar-refractivity contribution in [2.24, 2.45) is 0 Å². The van der Waals surface area contributed by atoms with Gasteiger partial charge in [-0.1, -0.05) is 23.8 Å². The predicted octanol–water partition coefficient (Wildman–Crippen LogP) is 7.02. The van der Waals surface area contributed by atoms with Crippen LogP contribution in [0.2, 0.25) is 0 Å². The van der Waals surface area contributed by atoms with Gasteiger partial charge < -0.3 is 19.8 Å². The van der Waals surface area contributed by atoms with Crippen molar-refractivity contribution in [3.63, 3.8) is 0 Å². The van der Waals surface area contributed by atoms with Gasteiger partial charge in [-0.25, -0.2) is 4.79 Å². The highest BCUT2D eigenvalue weighted by Crippen LogP contribution is 2.35. The van der Waals surface area contributed by atoms with Gasteiger partial charge in [0.05, 0.1) is 24.4 Å². The van der Waals surface area contributed by atoms with E-state index in [-0.39, 0.29) is 18.8 Å². The Balaban J connectivity index is 1.69. The maximum Gasteiger partial charge on any atom is 0.417 e. The second-order valence-electron chi connectivity index (χ2n) is 9.75. The van der Waals surface area contributed by atoms with E-state index in [0.29, 0.717) is 28.3 Å². The first-order valence-corrected chi connectivity index (χ1v) is 13.2. The molecular weight excluding hydrogens is 559 g/mol. The highest BCUT2D eigenvalue weighted by molar-refractivity contribution is 5.88. The van der Waals surface area contributed by atoms with Gasteiger partial charge in [-0.05, 0) is 91.6 Å². The van der Waals surface area contributed by atoms with Crippen molar-refractivity contribution in [2.45, 2.75) is 33.5 Å². The maximum atomic E-state index is 13.9. The molecule has 7 nitrogen and oxygen atoms in total. The second kappa shape index (κ2) is 12.7. The summed E-state index contributed by atoms with van der Waals surface area (Å²) >= 11 is 0. The Bertz CT molecular complexity index is 1800. The van der Waals surface area contributed by atoms with Gasteiger partial charge in [-0.2, -0.15) is 18.4 Å². The van der Waals surface area contributed by atoms with Crippen LogP contribution < -0.4 is 16.0 Å². The molecular formula is C33H28F3N3O4. The molecule has 0 saturated carbocycles. The molecule has 0 aliphatic heterocycles. The molecule has 0 unspecified atom stereocenters. The summed E-state index contributed by atoms with van der Waals surface area (Å²) in [7, 11) is 0. The molecule has 220 valence electrons. The minimum atomic E-state index is -4.90. The van der Waals surface area contributed by atoms with Crippen molar-refractivity contribution in [2.75, 3.05) is 12.3 Å². The largest absolute Gasteiger partial charge is 0.463 e. The Kier molecular flexibility index (Phi) is 9.05. The number of nitrogens with zero attached hydrogens (tertiary/aromatic N) is 2. The van der Waals surface area contributed by atoms with Crippen molar-refractivity contribution in [3.05, 3.63) is 117 Å². The summed E-state index contributed by atoms with van der Waals surface area (Å²) < 4.78 is 53.6. The van der Waals surface area contributed by atoms with Crippen LogP contribution in [0.3, 0.4) is 0 Å². The van der Waals surface area contributed by atoms with Gasteiger partial charge in [-0.15, -0.1) is 0 Å². The van der Waals surface area contributed by atoms with E-state index in [2.05, 4.69) is 0 Å². The number of aryl methyl sites for hydroxylation is 2. The number of benzene rings is 3. The molecule has 0 fully saturated rings. The number of nitriles is 1. The van der Waals surface area contributed by atoms with Crippen LogP contribution in [0.25, 0.3) is 17.3 Å². The lowest BCUT2D eigenvalue weighted by molar-refractivity contribution is -0.138. The maximum absolute atomic E-state index is 13.9. The number of carbonyl (C=O) groups is 1. The molecule has 0 radical (unpaired) electrons. The predicted molar refractivity (Wildman–Crippen MR) is 157 cm³/mol. The first-order chi connectivity index (χ1) is 20.4. The highest BCUT2D eigenvalue weighted by atomic mass is 19.4. The van der Waals surface area contributed by atoms with Gasteiger partial charge in [0.2, 0.25) is 0 Å². The molecule has 10 heteroatoms. The number of ether oxygens (including phenoxy) is 2. The molecule has 2 N–H and O–H groups in total. The number of hydrogen-bond acceptors (Lipinski definition) is 6. The van der Waals surface area contributed by atoms with E-state index >= 15 is 0 Å². The van der Waals surface area contributed by atoms with Gasteiger partial charge in [0.1, 0.15) is 23.1 Å². The number of aromatic nitrogens is 1. The lowest BCUT2D eigenvalue weighted by atomic mass is 10.0. The van der Waals surface area contributed by atoms with E-state index < -0.39 is 28.8 Å². The minimum Gasteiger partial charge on any atom is -0.463 e. The van der Waals surface area contributed by atoms with Crippen LogP contribution in [0.15, 0.2) is 77.6 Å². The molecule has 0 spiro atoms. The third-order valence-corrected chi connectivity index (χ3v) is 6.67. The van der Waals surface area contributed by atoms with Crippen molar-refractivity contribution < 1.29 is 27.4 Å². The van der Waals surface area contributed by atoms with Gasteiger partial charge in [-0.3, -0.25) is 4.79 Å². The molecule has 43 heavy (non-hydrogen) atoms. The molecule has 1 heterocycles. The molecule has 0 bridgehead atoms. The molecule has 0 atom stereocenters. The molecule has 0 amide bonds. The van der Waals surface area contributed by atoms with Gasteiger partial charge in [0, 0.05) is 17.8 Å². The van der Waals surface area contributed by atoms with E-state index in [1.54, 1.807) is 37.3 Å². The standard InChI is InChI=1S/C33H28F3N3O4/c1-4-42-31(40)14-10-22-7-13-26(16-29(22)38)43-25-11-8-23(9-12-25)30-17-28(33(34,35)36)27(18-37)32(41)39(30)19-24-6-5-20(2)15-21(24)3/h5-17H,4,19,38H2,1-3H3/b14-10+. The van der Waals surface area contributed by atoms with Crippen LogP contribution in [-0.2, 0) is 22.3 Å². The van der Waals surface area contributed by atoms with Crippen LogP contribution in [-0.4, -0.2) is 17.1 Å². The summed E-state index contributed by atoms with van der Waals surface area (Å²) in [5.74, 6) is 0.264. The molecule has 0 saturated heterocycles. The molecule has 0 aliphatic rings. The number of anilines is 1. The smallest absolute Gasteiger partial charge is 0.417 e. The first kappa shape index (κ1) is 30.7. The second-order valence-corrected chi connectivity index (χ2v) is 9.75. The van der Waals surface area contributed by atoms with E-state index in [4.69, 9.17) is 15.2 Å². The lowest BCUT2D eigenvalue weighted by Crippen LogP contribution is -2.29. The number of nitrogens with two attached hydrogens (primary N) is 1. The number of halogens is 3. The Morgan fingerprint density at radius 1 is 1.02 bits per heavy atom. The first-order valence-electron chi connectivity index (χ1n) is 13.2. The molecule has 4 aromatic rings. The fourth-order valence-electron chi connectivity index (χ4n) is 4.51. The zero-order chi connectivity index (χ0) is 31.3. The Morgan fingerprint density at radius 2 is 1.72 bits per heavy atom. The summed E-state index contributed by atoms with van der Waals surface area (Å²) in [6.07, 6.45) is -2.11. The van der Waals surface area contributed by atoms with Crippen LogP contribution in [0.5, 0.6) is 11.5 Å². The zero-order valence-electron chi connectivity index (χ0n) is 23.7. The normalized spacial score (nSPS) is 11.4. The lowest BCUT2D eigenvalue weighted by Gasteiger charge is -2.19. The van der Waals surface area contributed by atoms with Crippen molar-refractivity contribution >= 4 is 17.7 Å². The molecule has 3 aromatic carbocycles. The fourth-order valence-corrected chi connectivity index (χ4v) is 4.51. The molecule has 1 aromatic heterocycles. The number of rotatable bonds is 8. The van der Waals surface area contributed by atoms with E-state index in [9.17, 15) is 28.0 Å². The minimum absolute atomic E-state index is 0.00448. The Morgan fingerprint density at radius 3 is 2.33 bits per heavy atom. The van der Waals surface area contributed by atoms with E-state index in [0.717, 1.165) is 22.8 Å². The third kappa shape index (κ3) is 7.13. The monoisotopic (exact) mass is 587 g/mol. The summed E-state index contributed by atoms with van der Waals surface area (Å²) in [5, 5.41) is 9.48. The number of esters is 1.